The molecule has 0 bridgehead atoms. The fraction of sp³-hybridized carbons (Fsp3) is 0.750. The van der Waals surface area contributed by atoms with Crippen LogP contribution in [0.4, 0.5) is 0 Å². The number of rotatable bonds is 1. The number of hydrogen-bond acceptors (Lipinski definition) is 2. The van der Waals surface area contributed by atoms with Gasteiger partial charge >= 0.3 is 5.97 Å². The minimum absolute atomic E-state index is 0.178. The third kappa shape index (κ3) is 1.28. The fourth-order valence-electron chi connectivity index (χ4n) is 2.87. The summed E-state index contributed by atoms with van der Waals surface area (Å²) in [5.41, 5.74) is 1.62. The molecule has 2 nitrogen and oxygen atoms in total. The van der Waals surface area contributed by atoms with E-state index in [-0.39, 0.29) is 5.97 Å². The highest BCUT2D eigenvalue weighted by Crippen LogP contribution is 2.66. The van der Waals surface area contributed by atoms with Gasteiger partial charge in [-0.1, -0.05) is 13.8 Å². The molecule has 0 aromatic carbocycles. The van der Waals surface area contributed by atoms with Crippen molar-refractivity contribution >= 4 is 5.97 Å². The second kappa shape index (κ2) is 2.85. The summed E-state index contributed by atoms with van der Waals surface area (Å²) in [7, 11) is 0. The monoisotopic (exact) mass is 194 g/mol. The summed E-state index contributed by atoms with van der Waals surface area (Å²) in [6, 6.07) is 0. The number of carbonyl (C=O) groups is 1. The molecule has 2 aliphatic rings. The molecule has 2 heteroatoms. The molecule has 0 aliphatic heterocycles. The lowest BCUT2D eigenvalue weighted by Gasteiger charge is -2.15. The van der Waals surface area contributed by atoms with Gasteiger partial charge in [0.2, 0.25) is 0 Å². The van der Waals surface area contributed by atoms with Crippen LogP contribution in [0.5, 0.6) is 0 Å². The summed E-state index contributed by atoms with van der Waals surface area (Å²) >= 11 is 0. The topological polar surface area (TPSA) is 26.3 Å². The second-order valence-corrected chi connectivity index (χ2v) is 5.18. The van der Waals surface area contributed by atoms with Gasteiger partial charge in [-0.25, -0.2) is 0 Å². The lowest BCUT2D eigenvalue weighted by Crippen LogP contribution is -2.08. The van der Waals surface area contributed by atoms with Crippen LogP contribution in [0.25, 0.3) is 0 Å². The van der Waals surface area contributed by atoms with Gasteiger partial charge in [0.15, 0.2) is 0 Å². The molecule has 2 atom stereocenters. The zero-order chi connectivity index (χ0) is 10.5. The van der Waals surface area contributed by atoms with E-state index in [2.05, 4.69) is 20.8 Å². The van der Waals surface area contributed by atoms with Crippen LogP contribution in [0.2, 0.25) is 0 Å². The van der Waals surface area contributed by atoms with Crippen LogP contribution >= 0.6 is 0 Å². The molecule has 0 radical (unpaired) electrons. The van der Waals surface area contributed by atoms with Crippen LogP contribution in [0.15, 0.2) is 11.3 Å². The molecule has 14 heavy (non-hydrogen) atoms. The Hall–Kier alpha value is -0.790. The third-order valence-corrected chi connectivity index (χ3v) is 3.84. The van der Waals surface area contributed by atoms with Gasteiger partial charge in [-0.15, -0.1) is 0 Å². The third-order valence-electron chi connectivity index (χ3n) is 3.84. The molecule has 2 rings (SSSR count). The van der Waals surface area contributed by atoms with Crippen molar-refractivity contribution < 1.29 is 9.53 Å². The summed E-state index contributed by atoms with van der Waals surface area (Å²) in [6.07, 6.45) is 2.35. The minimum Gasteiger partial charge on any atom is -0.431 e. The van der Waals surface area contributed by atoms with Gasteiger partial charge in [-0.3, -0.25) is 4.79 Å². The lowest BCUT2D eigenvalue weighted by atomic mass is 9.99. The minimum atomic E-state index is -0.178. The Balaban J connectivity index is 2.23. The normalized spacial score (nSPS) is 33.7. The standard InChI is InChI=1S/C12H18O2/c1-7-5-6-9-10(12(9,3)4)11(7)14-8(2)13/h9-10H,5-6H2,1-4H3. The van der Waals surface area contributed by atoms with E-state index < -0.39 is 0 Å². The maximum Gasteiger partial charge on any atom is 0.307 e. The Morgan fingerprint density at radius 1 is 1.50 bits per heavy atom. The molecule has 0 spiro atoms. The largest absolute Gasteiger partial charge is 0.431 e. The molecule has 0 amide bonds. The van der Waals surface area contributed by atoms with Crippen molar-refractivity contribution in [2.75, 3.05) is 0 Å². The molecule has 0 N–H and O–H groups in total. The molecule has 78 valence electrons. The molecule has 2 aliphatic carbocycles. The summed E-state index contributed by atoms with van der Waals surface area (Å²) in [4.78, 5) is 11.0. The SMILES string of the molecule is CC(=O)OC1=C(C)CCC2C1C2(C)C. The van der Waals surface area contributed by atoms with E-state index >= 15 is 0 Å². The molecule has 0 heterocycles. The number of allylic oxidation sites excluding steroid dienone is 2. The zero-order valence-electron chi connectivity index (χ0n) is 9.39. The van der Waals surface area contributed by atoms with E-state index in [1.54, 1.807) is 0 Å². The van der Waals surface area contributed by atoms with Gasteiger partial charge in [0.1, 0.15) is 5.76 Å². The maximum atomic E-state index is 11.0. The lowest BCUT2D eigenvalue weighted by molar-refractivity contribution is -0.137. The van der Waals surface area contributed by atoms with Gasteiger partial charge < -0.3 is 4.74 Å². The number of carbonyl (C=O) groups excluding carboxylic acids is 1. The molecule has 1 fully saturated rings. The van der Waals surface area contributed by atoms with Gasteiger partial charge in [0.05, 0.1) is 0 Å². The van der Waals surface area contributed by atoms with E-state index in [0.717, 1.165) is 18.1 Å². The smallest absolute Gasteiger partial charge is 0.307 e. The summed E-state index contributed by atoms with van der Waals surface area (Å²) in [6.45, 7) is 8.11. The highest BCUT2D eigenvalue weighted by Gasteiger charge is 2.61. The van der Waals surface area contributed by atoms with Crippen LogP contribution in [-0.2, 0) is 9.53 Å². The highest BCUT2D eigenvalue weighted by atomic mass is 16.5. The molecule has 0 aromatic heterocycles. The Labute approximate surface area is 85.3 Å². The van der Waals surface area contributed by atoms with Crippen molar-refractivity contribution in [1.82, 2.24) is 0 Å². The summed E-state index contributed by atoms with van der Waals surface area (Å²) < 4.78 is 5.33. The summed E-state index contributed by atoms with van der Waals surface area (Å²) in [5.74, 6) is 2.03. The van der Waals surface area contributed by atoms with Gasteiger partial charge in [0.25, 0.3) is 0 Å². The molecule has 0 saturated heterocycles. The Morgan fingerprint density at radius 2 is 2.14 bits per heavy atom. The van der Waals surface area contributed by atoms with Crippen LogP contribution in [0, 0.1) is 17.3 Å². The quantitative estimate of drug-likeness (QED) is 0.600. The second-order valence-electron chi connectivity index (χ2n) is 5.18. The number of fused-ring (bicyclic) bond motifs is 1. The molecule has 0 aromatic rings. The average molecular weight is 194 g/mol. The van der Waals surface area contributed by atoms with E-state index in [0.29, 0.717) is 11.3 Å². The first-order valence-electron chi connectivity index (χ1n) is 5.32. The zero-order valence-corrected chi connectivity index (χ0v) is 9.39. The Kier molecular flexibility index (Phi) is 1.98. The molecular weight excluding hydrogens is 176 g/mol. The van der Waals surface area contributed by atoms with Crippen molar-refractivity contribution in [1.29, 1.82) is 0 Å². The molecule has 1 saturated carbocycles. The van der Waals surface area contributed by atoms with Crippen LogP contribution < -0.4 is 0 Å². The van der Waals surface area contributed by atoms with Crippen molar-refractivity contribution in [2.24, 2.45) is 17.3 Å². The number of ether oxygens (including phenoxy) is 1. The average Bonchev–Trinajstić information content (AvgIpc) is 2.60. The maximum absolute atomic E-state index is 11.0. The first-order chi connectivity index (χ1) is 6.44. The van der Waals surface area contributed by atoms with Crippen LogP contribution in [0.3, 0.4) is 0 Å². The van der Waals surface area contributed by atoms with E-state index in [1.165, 1.54) is 18.9 Å². The predicted molar refractivity (Wildman–Crippen MR) is 54.5 cm³/mol. The first-order valence-corrected chi connectivity index (χ1v) is 5.32. The first kappa shape index (κ1) is 9.75. The van der Waals surface area contributed by atoms with Gasteiger partial charge in [-0.2, -0.15) is 0 Å². The van der Waals surface area contributed by atoms with Gasteiger partial charge in [-0.05, 0) is 36.7 Å². The summed E-state index contributed by atoms with van der Waals surface area (Å²) in [5, 5.41) is 0. The molecular formula is C12H18O2. The van der Waals surface area contributed by atoms with Crippen molar-refractivity contribution in [2.45, 2.75) is 40.5 Å². The van der Waals surface area contributed by atoms with E-state index in [1.807, 2.05) is 0 Å². The molecule has 2 unspecified atom stereocenters. The number of esters is 1. The van der Waals surface area contributed by atoms with Crippen molar-refractivity contribution in [3.05, 3.63) is 11.3 Å². The van der Waals surface area contributed by atoms with E-state index in [4.69, 9.17) is 4.74 Å². The predicted octanol–water partition coefficient (Wildman–Crippen LogP) is 2.89. The van der Waals surface area contributed by atoms with Gasteiger partial charge in [0, 0.05) is 12.8 Å². The van der Waals surface area contributed by atoms with Crippen molar-refractivity contribution in [3.63, 3.8) is 0 Å². The van der Waals surface area contributed by atoms with Crippen LogP contribution in [-0.4, -0.2) is 5.97 Å². The fourth-order valence-corrected chi connectivity index (χ4v) is 2.87. The van der Waals surface area contributed by atoms with Crippen LogP contribution in [0.1, 0.15) is 40.5 Å². The van der Waals surface area contributed by atoms with Crippen molar-refractivity contribution in [3.8, 4) is 0 Å². The highest BCUT2D eigenvalue weighted by molar-refractivity contribution is 5.67. The van der Waals surface area contributed by atoms with E-state index in [9.17, 15) is 4.79 Å². The Morgan fingerprint density at radius 3 is 2.71 bits per heavy atom. The Bertz CT molecular complexity index is 312. The number of hydrogen-bond donors (Lipinski definition) is 0.